The van der Waals surface area contributed by atoms with Gasteiger partial charge in [0.05, 0.1) is 11.7 Å². The lowest BCUT2D eigenvalue weighted by atomic mass is 9.99. The van der Waals surface area contributed by atoms with Gasteiger partial charge in [0.15, 0.2) is 0 Å². The van der Waals surface area contributed by atoms with Crippen LogP contribution in [-0.4, -0.2) is 39.7 Å². The molecule has 15 heavy (non-hydrogen) atoms. The van der Waals surface area contributed by atoms with E-state index in [0.717, 1.165) is 19.4 Å². The predicted octanol–water partition coefficient (Wildman–Crippen LogP) is -1.61. The van der Waals surface area contributed by atoms with Crippen LogP contribution >= 0.6 is 0 Å². The Kier molecular flexibility index (Phi) is 4.49. The minimum absolute atomic E-state index is 0.0424. The normalized spacial score (nSPS) is 22.3. The quantitative estimate of drug-likeness (QED) is 0.545. The lowest BCUT2D eigenvalue weighted by molar-refractivity contribution is -0.125. The van der Waals surface area contributed by atoms with Crippen molar-refractivity contribution in [1.29, 1.82) is 0 Å². The molecule has 1 rings (SSSR count). The predicted molar refractivity (Wildman–Crippen MR) is 56.6 cm³/mol. The average molecular weight is 235 g/mol. The number of rotatable bonds is 4. The van der Waals surface area contributed by atoms with Gasteiger partial charge in [-0.25, -0.2) is 13.6 Å². The van der Waals surface area contributed by atoms with Gasteiger partial charge in [-0.2, -0.15) is 0 Å². The molecule has 0 saturated carbocycles. The third-order valence-corrected chi connectivity index (χ3v) is 3.13. The van der Waals surface area contributed by atoms with Crippen molar-refractivity contribution < 1.29 is 13.2 Å². The van der Waals surface area contributed by atoms with Crippen LogP contribution in [0.15, 0.2) is 0 Å². The standard InChI is InChI=1S/C8H17N3O3S/c9-15(13,14)5-4-11-8(12)7-2-1-3-10-6-7/h7,10H,1-6H2,(H,11,12)(H2,9,13,14). The zero-order chi connectivity index (χ0) is 11.3. The number of piperidine rings is 1. The fourth-order valence-electron chi connectivity index (χ4n) is 1.54. The van der Waals surface area contributed by atoms with E-state index in [2.05, 4.69) is 10.6 Å². The van der Waals surface area contributed by atoms with Gasteiger partial charge in [-0.15, -0.1) is 0 Å². The summed E-state index contributed by atoms with van der Waals surface area (Å²) in [5.41, 5.74) is 0. The number of nitrogens with one attached hydrogen (secondary N) is 2. The topological polar surface area (TPSA) is 101 Å². The number of hydrogen-bond donors (Lipinski definition) is 3. The summed E-state index contributed by atoms with van der Waals surface area (Å²) in [7, 11) is -3.48. The molecule has 1 saturated heterocycles. The van der Waals surface area contributed by atoms with Crippen molar-refractivity contribution in [2.45, 2.75) is 12.8 Å². The maximum Gasteiger partial charge on any atom is 0.224 e. The van der Waals surface area contributed by atoms with Crippen LogP contribution in [0.3, 0.4) is 0 Å². The number of nitrogens with two attached hydrogens (primary N) is 1. The Bertz CT molecular complexity index is 309. The Labute approximate surface area is 89.6 Å². The molecule has 0 aromatic heterocycles. The van der Waals surface area contributed by atoms with E-state index in [1.54, 1.807) is 0 Å². The highest BCUT2D eigenvalue weighted by Crippen LogP contribution is 2.09. The molecule has 1 aliphatic rings. The van der Waals surface area contributed by atoms with Crippen LogP contribution < -0.4 is 15.8 Å². The van der Waals surface area contributed by atoms with E-state index in [-0.39, 0.29) is 24.1 Å². The number of sulfonamides is 1. The molecule has 6 nitrogen and oxygen atoms in total. The number of amides is 1. The van der Waals surface area contributed by atoms with Crippen LogP contribution in [0.1, 0.15) is 12.8 Å². The number of carbonyl (C=O) groups excluding carboxylic acids is 1. The van der Waals surface area contributed by atoms with E-state index in [4.69, 9.17) is 5.14 Å². The van der Waals surface area contributed by atoms with E-state index in [0.29, 0.717) is 6.54 Å². The highest BCUT2D eigenvalue weighted by molar-refractivity contribution is 7.89. The van der Waals surface area contributed by atoms with Crippen molar-refractivity contribution >= 4 is 15.9 Å². The Morgan fingerprint density at radius 3 is 2.80 bits per heavy atom. The van der Waals surface area contributed by atoms with Crippen LogP contribution in [0.2, 0.25) is 0 Å². The van der Waals surface area contributed by atoms with Crippen molar-refractivity contribution in [2.24, 2.45) is 11.1 Å². The van der Waals surface area contributed by atoms with Crippen molar-refractivity contribution in [2.75, 3.05) is 25.4 Å². The lowest BCUT2D eigenvalue weighted by Gasteiger charge is -2.21. The van der Waals surface area contributed by atoms with Gasteiger partial charge in [-0.1, -0.05) is 0 Å². The van der Waals surface area contributed by atoms with E-state index in [1.807, 2.05) is 0 Å². The van der Waals surface area contributed by atoms with Crippen molar-refractivity contribution in [1.82, 2.24) is 10.6 Å². The van der Waals surface area contributed by atoms with E-state index in [9.17, 15) is 13.2 Å². The molecular weight excluding hydrogens is 218 g/mol. The molecule has 1 unspecified atom stereocenters. The van der Waals surface area contributed by atoms with Gasteiger partial charge < -0.3 is 10.6 Å². The first-order valence-electron chi connectivity index (χ1n) is 4.98. The maximum atomic E-state index is 11.5. The number of hydrogen-bond acceptors (Lipinski definition) is 4. The van der Waals surface area contributed by atoms with Crippen molar-refractivity contribution in [3.8, 4) is 0 Å². The third-order valence-electron chi connectivity index (χ3n) is 2.35. The lowest BCUT2D eigenvalue weighted by Crippen LogP contribution is -2.42. The smallest absolute Gasteiger partial charge is 0.224 e. The van der Waals surface area contributed by atoms with Gasteiger partial charge >= 0.3 is 0 Å². The SMILES string of the molecule is NS(=O)(=O)CCNC(=O)C1CCCNC1. The van der Waals surface area contributed by atoms with Gasteiger partial charge in [0.2, 0.25) is 15.9 Å². The second-order valence-corrected chi connectivity index (χ2v) is 5.44. The maximum absolute atomic E-state index is 11.5. The molecule has 0 radical (unpaired) electrons. The zero-order valence-electron chi connectivity index (χ0n) is 8.53. The molecule has 0 aliphatic carbocycles. The fraction of sp³-hybridized carbons (Fsp3) is 0.875. The van der Waals surface area contributed by atoms with Gasteiger partial charge in [-0.3, -0.25) is 4.79 Å². The Balaban J connectivity index is 2.23. The Morgan fingerprint density at radius 2 is 2.27 bits per heavy atom. The largest absolute Gasteiger partial charge is 0.355 e. The van der Waals surface area contributed by atoms with Gasteiger partial charge in [0.1, 0.15) is 0 Å². The molecule has 1 fully saturated rings. The molecule has 7 heteroatoms. The van der Waals surface area contributed by atoms with Gasteiger partial charge in [0, 0.05) is 13.1 Å². The van der Waals surface area contributed by atoms with Gasteiger partial charge in [-0.05, 0) is 19.4 Å². The molecule has 1 aliphatic heterocycles. The summed E-state index contributed by atoms with van der Waals surface area (Å²) in [4.78, 5) is 11.5. The van der Waals surface area contributed by atoms with E-state index < -0.39 is 10.0 Å². The summed E-state index contributed by atoms with van der Waals surface area (Å²) in [5, 5.41) is 10.5. The second-order valence-electron chi connectivity index (χ2n) is 3.70. The van der Waals surface area contributed by atoms with Gasteiger partial charge in [0.25, 0.3) is 0 Å². The molecule has 1 amide bonds. The van der Waals surface area contributed by atoms with Crippen molar-refractivity contribution in [3.63, 3.8) is 0 Å². The monoisotopic (exact) mass is 235 g/mol. The molecule has 1 atom stereocenters. The van der Waals surface area contributed by atoms with E-state index in [1.165, 1.54) is 0 Å². The van der Waals surface area contributed by atoms with Crippen LogP contribution in [0.25, 0.3) is 0 Å². The fourth-order valence-corrected chi connectivity index (χ4v) is 1.92. The molecular formula is C8H17N3O3S. The molecule has 88 valence electrons. The summed E-state index contributed by atoms with van der Waals surface area (Å²) >= 11 is 0. The highest BCUT2D eigenvalue weighted by atomic mass is 32.2. The first-order valence-corrected chi connectivity index (χ1v) is 6.69. The first-order chi connectivity index (χ1) is 6.99. The van der Waals surface area contributed by atoms with Crippen molar-refractivity contribution in [3.05, 3.63) is 0 Å². The summed E-state index contributed by atoms with van der Waals surface area (Å²) in [6.45, 7) is 1.70. The Morgan fingerprint density at radius 1 is 1.53 bits per heavy atom. The van der Waals surface area contributed by atoms with Crippen LogP contribution in [0.4, 0.5) is 0 Å². The van der Waals surface area contributed by atoms with Crippen LogP contribution in [-0.2, 0) is 14.8 Å². The third kappa shape index (κ3) is 5.10. The summed E-state index contributed by atoms with van der Waals surface area (Å²) in [5.74, 6) is -0.344. The number of carbonyl (C=O) groups is 1. The molecule has 1 heterocycles. The summed E-state index contributed by atoms with van der Waals surface area (Å²) in [6.07, 6.45) is 1.83. The zero-order valence-corrected chi connectivity index (χ0v) is 9.35. The summed E-state index contributed by atoms with van der Waals surface area (Å²) in [6, 6.07) is 0. The molecule has 0 aromatic rings. The minimum Gasteiger partial charge on any atom is -0.355 e. The molecule has 0 aromatic carbocycles. The number of primary sulfonamides is 1. The second kappa shape index (κ2) is 5.43. The molecule has 4 N–H and O–H groups in total. The summed E-state index contributed by atoms with van der Waals surface area (Å²) < 4.78 is 21.2. The highest BCUT2D eigenvalue weighted by Gasteiger charge is 2.20. The minimum atomic E-state index is -3.48. The first kappa shape index (κ1) is 12.4. The molecule has 0 bridgehead atoms. The molecule has 0 spiro atoms. The Hall–Kier alpha value is -0.660. The van der Waals surface area contributed by atoms with Crippen LogP contribution in [0, 0.1) is 5.92 Å². The average Bonchev–Trinajstić information content (AvgIpc) is 2.17. The van der Waals surface area contributed by atoms with E-state index >= 15 is 0 Å². The van der Waals surface area contributed by atoms with Crippen LogP contribution in [0.5, 0.6) is 0 Å².